The summed E-state index contributed by atoms with van der Waals surface area (Å²) in [5.74, 6) is -1.47. The molecule has 1 aromatic heterocycles. The molecule has 1 fully saturated rings. The van der Waals surface area contributed by atoms with Crippen molar-refractivity contribution in [2.24, 2.45) is 0 Å². The quantitative estimate of drug-likeness (QED) is 0.697. The average molecular weight is 368 g/mol. The molecule has 138 valence electrons. The Hall–Kier alpha value is -3.09. The van der Waals surface area contributed by atoms with Gasteiger partial charge in [0.15, 0.2) is 0 Å². The number of rotatable bonds is 2. The predicted molar refractivity (Wildman–Crippen MR) is 98.7 cm³/mol. The lowest BCUT2D eigenvalue weighted by molar-refractivity contribution is 0.0736. The van der Waals surface area contributed by atoms with E-state index in [1.807, 2.05) is 25.1 Å². The number of aryl methyl sites for hydroxylation is 1. The number of hydrogen-bond acceptors (Lipinski definition) is 4. The van der Waals surface area contributed by atoms with Crippen LogP contribution in [0.2, 0.25) is 0 Å². The fourth-order valence-corrected chi connectivity index (χ4v) is 3.39. The van der Waals surface area contributed by atoms with Gasteiger partial charge in [0.25, 0.3) is 5.91 Å². The summed E-state index contributed by atoms with van der Waals surface area (Å²) in [6, 6.07) is 9.44. The molecule has 0 radical (unpaired) electrons. The minimum absolute atomic E-state index is 0.365. The molecule has 7 heteroatoms. The summed E-state index contributed by atoms with van der Waals surface area (Å²) in [4.78, 5) is 24.8. The Kier molecular flexibility index (Phi) is 4.43. The van der Waals surface area contributed by atoms with Crippen LogP contribution < -0.4 is 4.90 Å². The predicted octanol–water partition coefficient (Wildman–Crippen LogP) is 3.18. The number of benzene rings is 2. The van der Waals surface area contributed by atoms with Crippen molar-refractivity contribution in [3.05, 3.63) is 65.5 Å². The Morgan fingerprint density at radius 3 is 2.41 bits per heavy atom. The van der Waals surface area contributed by atoms with Crippen LogP contribution >= 0.6 is 0 Å². The molecule has 1 aliphatic heterocycles. The first-order valence-electron chi connectivity index (χ1n) is 8.74. The standard InChI is InChI=1S/C20H18F2N4O/c1-13-5-6-17-14(11-13)19(24-12-23-17)25-7-9-26(10-8-25)20(27)18-15(21)3-2-4-16(18)22/h2-6,11-12H,7-10H2,1H3. The van der Waals surface area contributed by atoms with Gasteiger partial charge >= 0.3 is 0 Å². The number of carbonyl (C=O) groups is 1. The molecule has 0 saturated carbocycles. The second kappa shape index (κ2) is 6.90. The molecule has 0 atom stereocenters. The lowest BCUT2D eigenvalue weighted by atomic mass is 10.1. The minimum atomic E-state index is -0.834. The third-order valence-corrected chi connectivity index (χ3v) is 4.81. The van der Waals surface area contributed by atoms with E-state index in [9.17, 15) is 13.6 Å². The fourth-order valence-electron chi connectivity index (χ4n) is 3.39. The lowest BCUT2D eigenvalue weighted by Gasteiger charge is -2.35. The normalized spacial score (nSPS) is 14.6. The van der Waals surface area contributed by atoms with Gasteiger partial charge in [0, 0.05) is 31.6 Å². The number of anilines is 1. The van der Waals surface area contributed by atoms with Gasteiger partial charge in [-0.15, -0.1) is 0 Å². The number of aromatic nitrogens is 2. The lowest BCUT2D eigenvalue weighted by Crippen LogP contribution is -2.49. The molecule has 1 saturated heterocycles. The van der Waals surface area contributed by atoms with Crippen LogP contribution in [0.25, 0.3) is 10.9 Å². The Morgan fingerprint density at radius 2 is 1.70 bits per heavy atom. The van der Waals surface area contributed by atoms with Gasteiger partial charge in [0.2, 0.25) is 0 Å². The number of halogens is 2. The maximum Gasteiger partial charge on any atom is 0.259 e. The Labute approximate surface area is 155 Å². The number of piperazine rings is 1. The highest BCUT2D eigenvalue weighted by Gasteiger charge is 2.27. The van der Waals surface area contributed by atoms with Crippen molar-refractivity contribution in [3.8, 4) is 0 Å². The van der Waals surface area contributed by atoms with Gasteiger partial charge in [0.1, 0.15) is 29.3 Å². The molecule has 5 nitrogen and oxygen atoms in total. The fraction of sp³-hybridized carbons (Fsp3) is 0.250. The molecular weight excluding hydrogens is 350 g/mol. The van der Waals surface area contributed by atoms with Crippen LogP contribution in [-0.4, -0.2) is 47.0 Å². The molecule has 2 heterocycles. The Bertz CT molecular complexity index is 996. The molecule has 27 heavy (non-hydrogen) atoms. The highest BCUT2D eigenvalue weighted by Crippen LogP contribution is 2.25. The molecule has 0 N–H and O–H groups in total. The third-order valence-electron chi connectivity index (χ3n) is 4.81. The topological polar surface area (TPSA) is 49.3 Å². The molecule has 0 bridgehead atoms. The summed E-state index contributed by atoms with van der Waals surface area (Å²) in [5.41, 5.74) is 1.48. The first kappa shape index (κ1) is 17.3. The summed E-state index contributed by atoms with van der Waals surface area (Å²) in [5, 5.41) is 0.956. The van der Waals surface area contributed by atoms with Gasteiger partial charge in [-0.2, -0.15) is 0 Å². The molecule has 4 rings (SSSR count). The van der Waals surface area contributed by atoms with Crippen molar-refractivity contribution < 1.29 is 13.6 Å². The van der Waals surface area contributed by atoms with Crippen LogP contribution in [0.4, 0.5) is 14.6 Å². The molecular formula is C20H18F2N4O. The molecule has 1 amide bonds. The zero-order valence-electron chi connectivity index (χ0n) is 14.8. The first-order valence-corrected chi connectivity index (χ1v) is 8.74. The number of fused-ring (bicyclic) bond motifs is 1. The maximum absolute atomic E-state index is 13.9. The average Bonchev–Trinajstić information content (AvgIpc) is 2.67. The van der Waals surface area contributed by atoms with Gasteiger partial charge in [-0.3, -0.25) is 4.79 Å². The number of nitrogens with zero attached hydrogens (tertiary/aromatic N) is 4. The second-order valence-electron chi connectivity index (χ2n) is 6.59. The minimum Gasteiger partial charge on any atom is -0.352 e. The molecule has 0 aliphatic carbocycles. The Balaban J connectivity index is 1.55. The van der Waals surface area contributed by atoms with E-state index >= 15 is 0 Å². The molecule has 1 aliphatic rings. The van der Waals surface area contributed by atoms with Crippen molar-refractivity contribution in [3.63, 3.8) is 0 Å². The van der Waals surface area contributed by atoms with Crippen LogP contribution in [0.15, 0.2) is 42.7 Å². The van der Waals surface area contributed by atoms with Gasteiger partial charge in [0.05, 0.1) is 5.52 Å². The van der Waals surface area contributed by atoms with E-state index in [2.05, 4.69) is 14.9 Å². The van der Waals surface area contributed by atoms with Gasteiger partial charge in [-0.05, 0) is 31.2 Å². The highest BCUT2D eigenvalue weighted by atomic mass is 19.1. The number of hydrogen-bond donors (Lipinski definition) is 0. The van der Waals surface area contributed by atoms with Crippen molar-refractivity contribution in [1.29, 1.82) is 0 Å². The zero-order valence-corrected chi connectivity index (χ0v) is 14.8. The summed E-state index contributed by atoms with van der Waals surface area (Å²) in [6.07, 6.45) is 1.53. The van der Waals surface area contributed by atoms with E-state index in [1.165, 1.54) is 17.3 Å². The van der Waals surface area contributed by atoms with Crippen LogP contribution in [0.3, 0.4) is 0 Å². The van der Waals surface area contributed by atoms with E-state index in [0.717, 1.165) is 34.4 Å². The van der Waals surface area contributed by atoms with Crippen LogP contribution in [0, 0.1) is 18.6 Å². The first-order chi connectivity index (χ1) is 13.0. The summed E-state index contributed by atoms with van der Waals surface area (Å²) in [7, 11) is 0. The summed E-state index contributed by atoms with van der Waals surface area (Å²) >= 11 is 0. The van der Waals surface area contributed by atoms with Crippen LogP contribution in [0.1, 0.15) is 15.9 Å². The van der Waals surface area contributed by atoms with E-state index in [-0.39, 0.29) is 0 Å². The SMILES string of the molecule is Cc1ccc2ncnc(N3CCN(C(=O)c4c(F)cccc4F)CC3)c2c1. The smallest absolute Gasteiger partial charge is 0.259 e. The summed E-state index contributed by atoms with van der Waals surface area (Å²) in [6.45, 7) is 3.80. The largest absolute Gasteiger partial charge is 0.352 e. The third kappa shape index (κ3) is 3.20. The van der Waals surface area contributed by atoms with Crippen molar-refractivity contribution in [2.75, 3.05) is 31.1 Å². The van der Waals surface area contributed by atoms with E-state index in [0.29, 0.717) is 26.2 Å². The van der Waals surface area contributed by atoms with Crippen LogP contribution in [-0.2, 0) is 0 Å². The molecule has 0 unspecified atom stereocenters. The molecule has 0 spiro atoms. The number of amides is 1. The van der Waals surface area contributed by atoms with Crippen molar-refractivity contribution >= 4 is 22.6 Å². The van der Waals surface area contributed by atoms with Gasteiger partial charge in [-0.1, -0.05) is 17.7 Å². The van der Waals surface area contributed by atoms with Crippen molar-refractivity contribution in [2.45, 2.75) is 6.92 Å². The van der Waals surface area contributed by atoms with Crippen molar-refractivity contribution in [1.82, 2.24) is 14.9 Å². The monoisotopic (exact) mass is 368 g/mol. The Morgan fingerprint density at radius 1 is 1.00 bits per heavy atom. The summed E-state index contributed by atoms with van der Waals surface area (Å²) < 4.78 is 27.8. The molecule has 3 aromatic rings. The highest BCUT2D eigenvalue weighted by molar-refractivity contribution is 5.95. The maximum atomic E-state index is 13.9. The van der Waals surface area contributed by atoms with Gasteiger partial charge < -0.3 is 9.80 Å². The molecule has 2 aromatic carbocycles. The van der Waals surface area contributed by atoms with Crippen LogP contribution in [0.5, 0.6) is 0 Å². The number of carbonyl (C=O) groups excluding carboxylic acids is 1. The van der Waals surface area contributed by atoms with E-state index in [1.54, 1.807) is 0 Å². The second-order valence-corrected chi connectivity index (χ2v) is 6.59. The van der Waals surface area contributed by atoms with Gasteiger partial charge in [-0.25, -0.2) is 18.7 Å². The van der Waals surface area contributed by atoms with E-state index in [4.69, 9.17) is 0 Å². The van der Waals surface area contributed by atoms with E-state index < -0.39 is 23.1 Å². The zero-order chi connectivity index (χ0) is 19.0.